The molecule has 0 aliphatic carbocycles. The predicted molar refractivity (Wildman–Crippen MR) is 125 cm³/mol. The normalized spacial score (nSPS) is 14.9. The molecule has 43 heavy (non-hydrogen) atoms. The van der Waals surface area contributed by atoms with E-state index in [0.717, 1.165) is 51.4 Å². The standard InChI is InChI=1S/C26H37F17/c1-2-3-4-5-6-7-8-9-10-11-12-13-14-15-16-17-18-19(27,28)20(29,30)21(31,32)22(33,34)23(35,36)24(37,38)25(39,40)26(41,42)43/h2-18H2,1H3. The Morgan fingerprint density at radius 2 is 0.512 bits per heavy atom. The van der Waals surface area contributed by atoms with Crippen LogP contribution in [0.2, 0.25) is 0 Å². The van der Waals surface area contributed by atoms with Crippen molar-refractivity contribution in [2.75, 3.05) is 0 Å². The van der Waals surface area contributed by atoms with Gasteiger partial charge in [-0.3, -0.25) is 0 Å². The van der Waals surface area contributed by atoms with E-state index in [2.05, 4.69) is 6.92 Å². The Hall–Kier alpha value is -1.19. The van der Waals surface area contributed by atoms with E-state index >= 15 is 0 Å². The Morgan fingerprint density at radius 3 is 0.791 bits per heavy atom. The number of rotatable bonds is 23. The lowest BCUT2D eigenvalue weighted by Gasteiger charge is -2.42. The zero-order valence-corrected chi connectivity index (χ0v) is 23.4. The molecule has 0 fully saturated rings. The SMILES string of the molecule is CCCCCCCCCCCCCCCCCCC(F)(F)C(F)(F)C(F)(F)C(F)(F)C(F)(F)C(F)(F)C(F)(F)C(F)(F)F. The molecule has 0 atom stereocenters. The van der Waals surface area contributed by atoms with Gasteiger partial charge in [-0.2, -0.15) is 74.6 Å². The average molecular weight is 673 g/mol. The Kier molecular flexibility index (Phi) is 15.4. The Morgan fingerprint density at radius 1 is 0.279 bits per heavy atom. The summed E-state index contributed by atoms with van der Waals surface area (Å²) >= 11 is 0. The molecule has 0 rings (SSSR count). The molecule has 0 aromatic carbocycles. The summed E-state index contributed by atoms with van der Waals surface area (Å²) in [6.45, 7) is 2.12. The fraction of sp³-hybridized carbons (Fsp3) is 1.00. The van der Waals surface area contributed by atoms with Crippen LogP contribution in [0, 0.1) is 0 Å². The lowest BCUT2D eigenvalue weighted by molar-refractivity contribution is -0.461. The highest BCUT2D eigenvalue weighted by atomic mass is 19.4. The summed E-state index contributed by atoms with van der Waals surface area (Å²) in [6, 6.07) is 0. The summed E-state index contributed by atoms with van der Waals surface area (Å²) in [6.07, 6.45) is 1.35. The van der Waals surface area contributed by atoms with Crippen molar-refractivity contribution in [3.8, 4) is 0 Å². The summed E-state index contributed by atoms with van der Waals surface area (Å²) in [5.74, 6) is -55.7. The molecule has 260 valence electrons. The molecule has 0 heterocycles. The van der Waals surface area contributed by atoms with E-state index in [9.17, 15) is 74.6 Å². The van der Waals surface area contributed by atoms with Gasteiger partial charge in [-0.15, -0.1) is 0 Å². The summed E-state index contributed by atoms with van der Waals surface area (Å²) in [4.78, 5) is 0. The van der Waals surface area contributed by atoms with E-state index < -0.39 is 60.5 Å². The van der Waals surface area contributed by atoms with Gasteiger partial charge in [0.15, 0.2) is 0 Å². The molecule has 0 saturated heterocycles. The van der Waals surface area contributed by atoms with Crippen molar-refractivity contribution >= 4 is 0 Å². The zero-order valence-electron chi connectivity index (χ0n) is 23.4. The molecule has 0 aliphatic rings. The summed E-state index contributed by atoms with van der Waals surface area (Å²) in [7, 11) is 0. The van der Waals surface area contributed by atoms with Gasteiger partial charge in [0.25, 0.3) is 0 Å². The average Bonchev–Trinajstić information content (AvgIpc) is 2.87. The van der Waals surface area contributed by atoms with Gasteiger partial charge in [-0.25, -0.2) is 0 Å². The number of unbranched alkanes of at least 4 members (excludes halogenated alkanes) is 15. The minimum Gasteiger partial charge on any atom is -0.200 e. The largest absolute Gasteiger partial charge is 0.460 e. The van der Waals surface area contributed by atoms with E-state index in [1.807, 2.05) is 0 Å². The van der Waals surface area contributed by atoms with E-state index in [-0.39, 0.29) is 12.8 Å². The molecule has 0 aliphatic heterocycles. The van der Waals surface area contributed by atoms with Crippen molar-refractivity contribution in [3.05, 3.63) is 0 Å². The first-order valence-electron chi connectivity index (χ1n) is 14.0. The van der Waals surface area contributed by atoms with Gasteiger partial charge >= 0.3 is 47.6 Å². The van der Waals surface area contributed by atoms with Crippen LogP contribution < -0.4 is 0 Å². The maximum absolute atomic E-state index is 13.9. The van der Waals surface area contributed by atoms with Gasteiger partial charge in [0.2, 0.25) is 0 Å². The maximum Gasteiger partial charge on any atom is 0.460 e. The lowest BCUT2D eigenvalue weighted by atomic mass is 9.87. The van der Waals surface area contributed by atoms with E-state index in [4.69, 9.17) is 0 Å². The van der Waals surface area contributed by atoms with E-state index in [0.29, 0.717) is 12.8 Å². The molecule has 0 aromatic heterocycles. The fourth-order valence-electron chi connectivity index (χ4n) is 4.25. The third kappa shape index (κ3) is 9.41. The second-order valence-corrected chi connectivity index (χ2v) is 10.7. The number of hydrogen-bond donors (Lipinski definition) is 0. The van der Waals surface area contributed by atoms with Gasteiger partial charge < -0.3 is 0 Å². The number of alkyl halides is 17. The molecule has 0 unspecified atom stereocenters. The van der Waals surface area contributed by atoms with Gasteiger partial charge in [-0.05, 0) is 6.42 Å². The van der Waals surface area contributed by atoms with Gasteiger partial charge in [0, 0.05) is 6.42 Å². The first kappa shape index (κ1) is 41.8. The van der Waals surface area contributed by atoms with Crippen LogP contribution in [0.4, 0.5) is 74.6 Å². The van der Waals surface area contributed by atoms with Crippen LogP contribution in [0.1, 0.15) is 116 Å². The number of halogens is 17. The Bertz CT molecular complexity index is 787. The van der Waals surface area contributed by atoms with Gasteiger partial charge in [0.1, 0.15) is 0 Å². The van der Waals surface area contributed by atoms with Crippen LogP contribution in [-0.4, -0.2) is 47.6 Å². The zero-order chi connectivity index (χ0) is 34.0. The van der Waals surface area contributed by atoms with Crippen molar-refractivity contribution in [1.82, 2.24) is 0 Å². The first-order valence-corrected chi connectivity index (χ1v) is 14.0. The van der Waals surface area contributed by atoms with Crippen molar-refractivity contribution in [3.63, 3.8) is 0 Å². The topological polar surface area (TPSA) is 0 Å². The summed E-state index contributed by atoms with van der Waals surface area (Å²) in [5, 5.41) is 0. The van der Waals surface area contributed by atoms with Crippen LogP contribution in [-0.2, 0) is 0 Å². The Labute approximate surface area is 239 Å². The minimum atomic E-state index is -8.57. The number of hydrogen-bond acceptors (Lipinski definition) is 0. The van der Waals surface area contributed by atoms with Crippen LogP contribution in [0.15, 0.2) is 0 Å². The highest BCUT2D eigenvalue weighted by molar-refractivity contribution is 5.15. The second-order valence-electron chi connectivity index (χ2n) is 10.7. The molecule has 0 N–H and O–H groups in total. The quantitative estimate of drug-likeness (QED) is 0.0749. The molecule has 0 saturated carbocycles. The van der Waals surface area contributed by atoms with Crippen LogP contribution >= 0.6 is 0 Å². The molecule has 17 heteroatoms. The van der Waals surface area contributed by atoms with Crippen LogP contribution in [0.3, 0.4) is 0 Å². The van der Waals surface area contributed by atoms with Crippen molar-refractivity contribution in [1.29, 1.82) is 0 Å². The molecular weight excluding hydrogens is 635 g/mol. The van der Waals surface area contributed by atoms with Gasteiger partial charge in [-0.1, -0.05) is 103 Å². The van der Waals surface area contributed by atoms with Crippen molar-refractivity contribution in [2.45, 2.75) is 164 Å². The van der Waals surface area contributed by atoms with Crippen molar-refractivity contribution in [2.24, 2.45) is 0 Å². The Balaban J connectivity index is 4.92. The molecule has 0 aromatic rings. The lowest BCUT2D eigenvalue weighted by Crippen LogP contribution is -2.74. The van der Waals surface area contributed by atoms with Gasteiger partial charge in [0.05, 0.1) is 0 Å². The highest BCUT2D eigenvalue weighted by Crippen LogP contribution is 2.64. The van der Waals surface area contributed by atoms with Crippen LogP contribution in [0.25, 0.3) is 0 Å². The highest BCUT2D eigenvalue weighted by Gasteiger charge is 2.95. The molecule has 0 nitrogen and oxygen atoms in total. The predicted octanol–water partition coefficient (Wildman–Crippen LogP) is 12.6. The molecule has 0 spiro atoms. The third-order valence-electron chi connectivity index (χ3n) is 7.13. The molecular formula is C26H37F17. The summed E-state index contributed by atoms with van der Waals surface area (Å²) < 4.78 is 226. The molecule has 0 amide bonds. The second kappa shape index (κ2) is 15.9. The third-order valence-corrected chi connectivity index (χ3v) is 7.13. The smallest absolute Gasteiger partial charge is 0.200 e. The molecule has 0 radical (unpaired) electrons. The van der Waals surface area contributed by atoms with E-state index in [1.165, 1.54) is 19.3 Å². The van der Waals surface area contributed by atoms with Crippen LogP contribution in [0.5, 0.6) is 0 Å². The maximum atomic E-state index is 13.9. The van der Waals surface area contributed by atoms with E-state index in [1.54, 1.807) is 0 Å². The summed E-state index contributed by atoms with van der Waals surface area (Å²) in [5.41, 5.74) is 0. The van der Waals surface area contributed by atoms with Crippen molar-refractivity contribution < 1.29 is 74.6 Å². The molecule has 0 bridgehead atoms. The first-order chi connectivity index (χ1) is 19.3. The fourth-order valence-corrected chi connectivity index (χ4v) is 4.25. The minimum absolute atomic E-state index is 0.1000. The monoisotopic (exact) mass is 672 g/mol.